The second-order valence-corrected chi connectivity index (χ2v) is 7.09. The number of methoxy groups -OCH3 is 3. The smallest absolute Gasteiger partial charge is 0.262 e. The standard InChI is InChI=1S/C15H15Cl2NO5S/c1-21-13-6-9(4-5-10(13)16)24(19,20)18-12-8-14(22-2)11(17)7-15(12)23-3/h4-8,18H,1-3H3. The van der Waals surface area contributed by atoms with Gasteiger partial charge in [-0.05, 0) is 12.1 Å². The van der Waals surface area contributed by atoms with Crippen molar-refractivity contribution in [3.05, 3.63) is 40.4 Å². The van der Waals surface area contributed by atoms with Crippen molar-refractivity contribution in [1.82, 2.24) is 0 Å². The highest BCUT2D eigenvalue weighted by Crippen LogP contribution is 2.37. The second-order valence-electron chi connectivity index (χ2n) is 4.59. The molecule has 9 heteroatoms. The monoisotopic (exact) mass is 391 g/mol. The molecule has 2 aromatic carbocycles. The molecule has 0 aliphatic heterocycles. The maximum atomic E-state index is 12.6. The van der Waals surface area contributed by atoms with Crippen LogP contribution in [0.15, 0.2) is 35.2 Å². The third-order valence-corrected chi connectivity index (χ3v) is 5.12. The molecule has 0 amide bonds. The summed E-state index contributed by atoms with van der Waals surface area (Å²) in [6, 6.07) is 7.03. The molecule has 0 bridgehead atoms. The molecule has 0 radical (unpaired) electrons. The Morgan fingerprint density at radius 2 is 1.42 bits per heavy atom. The number of ether oxygens (including phenoxy) is 3. The van der Waals surface area contributed by atoms with E-state index in [-0.39, 0.29) is 22.1 Å². The molecule has 0 aromatic heterocycles. The van der Waals surface area contributed by atoms with Crippen LogP contribution in [0, 0.1) is 0 Å². The largest absolute Gasteiger partial charge is 0.495 e. The molecule has 0 aliphatic carbocycles. The zero-order valence-electron chi connectivity index (χ0n) is 13.1. The second kappa shape index (κ2) is 7.38. The normalized spacial score (nSPS) is 11.0. The van der Waals surface area contributed by atoms with Crippen molar-refractivity contribution in [1.29, 1.82) is 0 Å². The molecule has 2 aromatic rings. The van der Waals surface area contributed by atoms with Gasteiger partial charge in [0.15, 0.2) is 0 Å². The molecular formula is C15H15Cl2NO5S. The Morgan fingerprint density at radius 1 is 0.833 bits per heavy atom. The molecule has 0 aliphatic rings. The molecule has 0 atom stereocenters. The summed E-state index contributed by atoms with van der Waals surface area (Å²) < 4.78 is 42.9. The Labute approximate surface area is 150 Å². The van der Waals surface area contributed by atoms with E-state index in [9.17, 15) is 8.42 Å². The van der Waals surface area contributed by atoms with Crippen molar-refractivity contribution < 1.29 is 22.6 Å². The van der Waals surface area contributed by atoms with Crippen LogP contribution in [0.25, 0.3) is 0 Å². The predicted octanol–water partition coefficient (Wildman–Crippen LogP) is 3.82. The molecule has 6 nitrogen and oxygen atoms in total. The van der Waals surface area contributed by atoms with Gasteiger partial charge in [-0.2, -0.15) is 0 Å². The van der Waals surface area contributed by atoms with Gasteiger partial charge < -0.3 is 14.2 Å². The van der Waals surface area contributed by atoms with Crippen LogP contribution >= 0.6 is 23.2 Å². The van der Waals surface area contributed by atoms with Gasteiger partial charge in [-0.15, -0.1) is 0 Å². The maximum absolute atomic E-state index is 12.6. The van der Waals surface area contributed by atoms with Gasteiger partial charge >= 0.3 is 0 Å². The lowest BCUT2D eigenvalue weighted by molar-refractivity contribution is 0.405. The maximum Gasteiger partial charge on any atom is 0.262 e. The summed E-state index contributed by atoms with van der Waals surface area (Å²) in [5.41, 5.74) is 0.188. The summed E-state index contributed by atoms with van der Waals surface area (Å²) in [5, 5.41) is 0.604. The van der Waals surface area contributed by atoms with Crippen LogP contribution in [-0.4, -0.2) is 29.7 Å². The molecule has 130 valence electrons. The summed E-state index contributed by atoms with van der Waals surface area (Å²) >= 11 is 11.9. The lowest BCUT2D eigenvalue weighted by atomic mass is 10.3. The van der Waals surface area contributed by atoms with Gasteiger partial charge in [0.2, 0.25) is 0 Å². The van der Waals surface area contributed by atoms with E-state index >= 15 is 0 Å². The third kappa shape index (κ3) is 3.80. The van der Waals surface area contributed by atoms with E-state index in [2.05, 4.69) is 4.72 Å². The van der Waals surface area contributed by atoms with Crippen molar-refractivity contribution in [2.24, 2.45) is 0 Å². The average molecular weight is 392 g/mol. The highest BCUT2D eigenvalue weighted by Gasteiger charge is 2.20. The number of hydrogen-bond acceptors (Lipinski definition) is 5. The summed E-state index contributed by atoms with van der Waals surface area (Å²) in [7, 11) is 0.331. The number of anilines is 1. The topological polar surface area (TPSA) is 73.9 Å². The average Bonchev–Trinajstić information content (AvgIpc) is 2.56. The lowest BCUT2D eigenvalue weighted by Crippen LogP contribution is -2.14. The molecule has 2 rings (SSSR count). The van der Waals surface area contributed by atoms with Crippen LogP contribution in [0.5, 0.6) is 17.2 Å². The van der Waals surface area contributed by atoms with Gasteiger partial charge in [-0.1, -0.05) is 23.2 Å². The molecular weight excluding hydrogens is 377 g/mol. The quantitative estimate of drug-likeness (QED) is 0.809. The van der Waals surface area contributed by atoms with Gasteiger partial charge in [-0.3, -0.25) is 4.72 Å². The van der Waals surface area contributed by atoms with E-state index in [1.54, 1.807) is 0 Å². The molecule has 0 saturated heterocycles. The predicted molar refractivity (Wildman–Crippen MR) is 93.4 cm³/mol. The van der Waals surface area contributed by atoms with E-state index in [0.29, 0.717) is 15.8 Å². The first-order valence-corrected chi connectivity index (χ1v) is 8.84. The molecule has 1 N–H and O–H groups in total. The van der Waals surface area contributed by atoms with Gasteiger partial charge in [0, 0.05) is 18.2 Å². The molecule has 0 spiro atoms. The van der Waals surface area contributed by atoms with Crippen LogP contribution in [0.4, 0.5) is 5.69 Å². The van der Waals surface area contributed by atoms with Crippen molar-refractivity contribution in [3.8, 4) is 17.2 Å². The first kappa shape index (κ1) is 18.5. The summed E-state index contributed by atoms with van der Waals surface area (Å²) in [5.74, 6) is 0.814. The summed E-state index contributed by atoms with van der Waals surface area (Å²) in [6.07, 6.45) is 0. The fourth-order valence-electron chi connectivity index (χ4n) is 1.95. The highest BCUT2D eigenvalue weighted by atomic mass is 35.5. The van der Waals surface area contributed by atoms with Crippen molar-refractivity contribution in [2.45, 2.75) is 4.90 Å². The number of rotatable bonds is 6. The zero-order valence-corrected chi connectivity index (χ0v) is 15.4. The molecule has 0 unspecified atom stereocenters. The number of hydrogen-bond donors (Lipinski definition) is 1. The fraction of sp³-hybridized carbons (Fsp3) is 0.200. The third-order valence-electron chi connectivity index (χ3n) is 3.15. The minimum Gasteiger partial charge on any atom is -0.495 e. The molecule has 0 saturated carbocycles. The van der Waals surface area contributed by atoms with Crippen molar-refractivity contribution >= 4 is 38.9 Å². The van der Waals surface area contributed by atoms with E-state index in [0.717, 1.165) is 0 Å². The Balaban J connectivity index is 2.46. The highest BCUT2D eigenvalue weighted by molar-refractivity contribution is 7.92. The number of benzene rings is 2. The molecule has 24 heavy (non-hydrogen) atoms. The number of sulfonamides is 1. The van der Waals surface area contributed by atoms with Gasteiger partial charge in [-0.25, -0.2) is 8.42 Å². The van der Waals surface area contributed by atoms with Crippen LogP contribution < -0.4 is 18.9 Å². The Kier molecular flexibility index (Phi) is 5.69. The van der Waals surface area contributed by atoms with Gasteiger partial charge in [0.25, 0.3) is 10.0 Å². The van der Waals surface area contributed by atoms with E-state index in [1.165, 1.54) is 51.7 Å². The minimum absolute atomic E-state index is 0.0141. The molecule has 0 fully saturated rings. The van der Waals surface area contributed by atoms with Gasteiger partial charge in [0.05, 0.1) is 42.0 Å². The molecule has 0 heterocycles. The fourth-order valence-corrected chi connectivity index (χ4v) is 3.45. The first-order chi connectivity index (χ1) is 11.3. The van der Waals surface area contributed by atoms with Crippen LogP contribution in [-0.2, 0) is 10.0 Å². The van der Waals surface area contributed by atoms with Crippen LogP contribution in [0.2, 0.25) is 10.0 Å². The van der Waals surface area contributed by atoms with Gasteiger partial charge in [0.1, 0.15) is 17.2 Å². The van der Waals surface area contributed by atoms with Crippen molar-refractivity contribution in [2.75, 3.05) is 26.1 Å². The number of nitrogens with one attached hydrogen (secondary N) is 1. The van der Waals surface area contributed by atoms with Crippen LogP contribution in [0.3, 0.4) is 0 Å². The first-order valence-electron chi connectivity index (χ1n) is 6.60. The number of halogens is 2. The zero-order chi connectivity index (χ0) is 17.9. The van der Waals surface area contributed by atoms with E-state index in [4.69, 9.17) is 37.4 Å². The van der Waals surface area contributed by atoms with E-state index in [1.807, 2.05) is 0 Å². The summed E-state index contributed by atoms with van der Waals surface area (Å²) in [6.45, 7) is 0. The Bertz CT molecular complexity index is 855. The Morgan fingerprint density at radius 3 is 2.00 bits per heavy atom. The van der Waals surface area contributed by atoms with Crippen LogP contribution in [0.1, 0.15) is 0 Å². The van der Waals surface area contributed by atoms with Crippen molar-refractivity contribution in [3.63, 3.8) is 0 Å². The minimum atomic E-state index is -3.90. The SMILES string of the molecule is COc1cc(S(=O)(=O)Nc2cc(OC)c(Cl)cc2OC)ccc1Cl. The Hall–Kier alpha value is -1.83. The lowest BCUT2D eigenvalue weighted by Gasteiger charge is -2.15. The van der Waals surface area contributed by atoms with E-state index < -0.39 is 10.0 Å². The summed E-state index contributed by atoms with van der Waals surface area (Å²) in [4.78, 5) is -0.0141.